The van der Waals surface area contributed by atoms with E-state index in [1.54, 1.807) is 18.5 Å². The predicted molar refractivity (Wildman–Crippen MR) is 89.8 cm³/mol. The third-order valence-corrected chi connectivity index (χ3v) is 4.36. The van der Waals surface area contributed by atoms with Crippen molar-refractivity contribution < 1.29 is 18.3 Å². The minimum absolute atomic E-state index is 0.00795. The van der Waals surface area contributed by atoms with Gasteiger partial charge in [-0.2, -0.15) is 23.4 Å². The van der Waals surface area contributed by atoms with Crippen LogP contribution in [0.15, 0.2) is 30.7 Å². The Bertz CT molecular complexity index is 991. The number of aromatic nitrogens is 6. The quantitative estimate of drug-likeness (QED) is 0.729. The van der Waals surface area contributed by atoms with Crippen LogP contribution in [-0.4, -0.2) is 47.8 Å². The molecule has 0 spiro atoms. The first-order valence-corrected chi connectivity index (χ1v) is 8.26. The van der Waals surface area contributed by atoms with Crippen LogP contribution in [0.5, 0.6) is 0 Å². The van der Waals surface area contributed by atoms with Crippen LogP contribution in [0.25, 0.3) is 23.4 Å². The number of hydrogen-bond acceptors (Lipinski definition) is 5. The number of allylic oxidation sites excluding steroid dienone is 1. The topological polar surface area (TPSA) is 92.5 Å². The van der Waals surface area contributed by atoms with E-state index in [9.17, 15) is 13.2 Å². The molecular weight excluding hydrogens is 361 g/mol. The highest BCUT2D eigenvalue weighted by molar-refractivity contribution is 5.65. The molecule has 0 fully saturated rings. The van der Waals surface area contributed by atoms with Crippen molar-refractivity contribution in [3.8, 4) is 17.3 Å². The predicted octanol–water partition coefficient (Wildman–Crippen LogP) is 2.33. The molecule has 0 radical (unpaired) electrons. The van der Waals surface area contributed by atoms with Gasteiger partial charge in [0.05, 0.1) is 17.8 Å². The fraction of sp³-hybridized carbons (Fsp3) is 0.294. The summed E-state index contributed by atoms with van der Waals surface area (Å²) in [6.07, 6.45) is 3.32. The molecule has 1 unspecified atom stereocenters. The lowest BCUT2D eigenvalue weighted by Crippen LogP contribution is -2.25. The second-order valence-corrected chi connectivity index (χ2v) is 6.18. The molecule has 1 atom stereocenters. The molecule has 140 valence electrons. The van der Waals surface area contributed by atoms with Gasteiger partial charge in [-0.05, 0) is 24.5 Å². The molecule has 3 heterocycles. The number of aromatic amines is 1. The first-order valence-electron chi connectivity index (χ1n) is 8.26. The van der Waals surface area contributed by atoms with Crippen LogP contribution in [0.3, 0.4) is 0 Å². The number of nitrogens with zero attached hydrogens (tertiary/aromatic N) is 5. The lowest BCUT2D eigenvalue weighted by molar-refractivity contribution is -0.160. The Balaban J connectivity index is 1.68. The van der Waals surface area contributed by atoms with Crippen molar-refractivity contribution in [2.75, 3.05) is 6.61 Å². The first-order chi connectivity index (χ1) is 13.0. The van der Waals surface area contributed by atoms with E-state index in [4.69, 9.17) is 5.11 Å². The van der Waals surface area contributed by atoms with Gasteiger partial charge in [-0.1, -0.05) is 6.08 Å². The van der Waals surface area contributed by atoms with Gasteiger partial charge in [-0.15, -0.1) is 0 Å². The minimum Gasteiger partial charge on any atom is -0.396 e. The highest BCUT2D eigenvalue weighted by atomic mass is 19.4. The standard InChI is InChI=1S/C17H15F3N6O/c18-17(19,20)11-1-2-13-12(7-11)15(25-24-13)16-21-5-3-14(23-16)26-9-10(4-6-27)8-22-26/h1-3,5,8-9,11,27H,4,6-7H2,(H,24,25). The Hall–Kier alpha value is -3.01. The largest absolute Gasteiger partial charge is 0.396 e. The molecule has 0 bridgehead atoms. The maximum absolute atomic E-state index is 13.1. The fourth-order valence-corrected chi connectivity index (χ4v) is 2.97. The van der Waals surface area contributed by atoms with Gasteiger partial charge in [0.25, 0.3) is 0 Å². The zero-order chi connectivity index (χ0) is 19.0. The molecule has 3 aromatic heterocycles. The van der Waals surface area contributed by atoms with E-state index in [0.29, 0.717) is 29.2 Å². The lowest BCUT2D eigenvalue weighted by Gasteiger charge is -2.20. The lowest BCUT2D eigenvalue weighted by atomic mass is 9.91. The number of hydrogen-bond donors (Lipinski definition) is 2. The SMILES string of the molecule is OCCc1cnn(-c2ccnc(-c3n[nH]c4c3CC(C(F)(F)F)C=C4)n2)c1. The van der Waals surface area contributed by atoms with Crippen molar-refractivity contribution in [2.24, 2.45) is 5.92 Å². The maximum Gasteiger partial charge on any atom is 0.395 e. The van der Waals surface area contributed by atoms with E-state index in [-0.39, 0.29) is 18.9 Å². The Kier molecular flexibility index (Phi) is 4.27. The van der Waals surface area contributed by atoms with E-state index >= 15 is 0 Å². The molecule has 1 aliphatic rings. The highest BCUT2D eigenvalue weighted by Gasteiger charge is 2.40. The summed E-state index contributed by atoms with van der Waals surface area (Å²) in [5.41, 5.74) is 2.11. The number of fused-ring (bicyclic) bond motifs is 1. The number of H-pyrrole nitrogens is 1. The van der Waals surface area contributed by atoms with Crippen molar-refractivity contribution >= 4 is 6.08 Å². The summed E-state index contributed by atoms with van der Waals surface area (Å²) in [6.45, 7) is 0.00795. The molecule has 0 saturated carbocycles. The molecule has 0 saturated heterocycles. The minimum atomic E-state index is -4.32. The van der Waals surface area contributed by atoms with Gasteiger partial charge in [-0.3, -0.25) is 5.10 Å². The number of aliphatic hydroxyl groups excluding tert-OH is 1. The number of aliphatic hydroxyl groups is 1. The third kappa shape index (κ3) is 3.35. The molecule has 1 aliphatic carbocycles. The van der Waals surface area contributed by atoms with Crippen LogP contribution in [-0.2, 0) is 12.8 Å². The van der Waals surface area contributed by atoms with Crippen LogP contribution >= 0.6 is 0 Å². The molecule has 2 N–H and O–H groups in total. The monoisotopic (exact) mass is 376 g/mol. The molecule has 0 aromatic carbocycles. The summed E-state index contributed by atoms with van der Waals surface area (Å²) in [5.74, 6) is -0.878. The van der Waals surface area contributed by atoms with Crippen LogP contribution in [0, 0.1) is 5.92 Å². The van der Waals surface area contributed by atoms with Gasteiger partial charge < -0.3 is 5.11 Å². The molecule has 3 aromatic rings. The average molecular weight is 376 g/mol. The molecule has 4 rings (SSSR count). The van der Waals surface area contributed by atoms with Gasteiger partial charge in [-0.25, -0.2) is 14.6 Å². The Morgan fingerprint density at radius 2 is 2.19 bits per heavy atom. The molecule has 0 amide bonds. The van der Waals surface area contributed by atoms with Crippen molar-refractivity contribution in [1.82, 2.24) is 29.9 Å². The Morgan fingerprint density at radius 1 is 1.33 bits per heavy atom. The zero-order valence-corrected chi connectivity index (χ0v) is 14.0. The second kappa shape index (κ2) is 6.62. The summed E-state index contributed by atoms with van der Waals surface area (Å²) < 4.78 is 40.8. The number of nitrogens with one attached hydrogen (secondary N) is 1. The van der Waals surface area contributed by atoms with Crippen LogP contribution in [0.2, 0.25) is 0 Å². The van der Waals surface area contributed by atoms with Crippen molar-refractivity contribution in [3.63, 3.8) is 0 Å². The van der Waals surface area contributed by atoms with Crippen molar-refractivity contribution in [1.29, 1.82) is 0 Å². The van der Waals surface area contributed by atoms with Gasteiger partial charge in [0.15, 0.2) is 11.6 Å². The summed E-state index contributed by atoms with van der Waals surface area (Å²) in [7, 11) is 0. The number of alkyl halides is 3. The van der Waals surface area contributed by atoms with E-state index in [0.717, 1.165) is 11.6 Å². The van der Waals surface area contributed by atoms with Crippen molar-refractivity contribution in [2.45, 2.75) is 19.0 Å². The molecule has 10 heteroatoms. The van der Waals surface area contributed by atoms with Gasteiger partial charge in [0.1, 0.15) is 5.69 Å². The Labute approximate surface area is 151 Å². The van der Waals surface area contributed by atoms with Crippen molar-refractivity contribution in [3.05, 3.63) is 47.6 Å². The average Bonchev–Trinajstić information content (AvgIpc) is 3.28. The number of rotatable bonds is 4. The highest BCUT2D eigenvalue weighted by Crippen LogP contribution is 2.37. The van der Waals surface area contributed by atoms with Gasteiger partial charge in [0, 0.05) is 30.6 Å². The normalized spacial score (nSPS) is 16.5. The smallest absolute Gasteiger partial charge is 0.395 e. The van der Waals surface area contributed by atoms with Crippen LogP contribution in [0.1, 0.15) is 16.8 Å². The van der Waals surface area contributed by atoms with Gasteiger partial charge in [0.2, 0.25) is 0 Å². The van der Waals surface area contributed by atoms with Crippen LogP contribution in [0.4, 0.5) is 13.2 Å². The van der Waals surface area contributed by atoms with E-state index in [2.05, 4.69) is 25.3 Å². The zero-order valence-electron chi connectivity index (χ0n) is 14.0. The molecular formula is C17H15F3N6O. The molecule has 27 heavy (non-hydrogen) atoms. The van der Waals surface area contributed by atoms with Gasteiger partial charge >= 0.3 is 6.18 Å². The summed E-state index contributed by atoms with van der Waals surface area (Å²) in [5, 5.41) is 20.1. The number of halogens is 3. The summed E-state index contributed by atoms with van der Waals surface area (Å²) >= 11 is 0. The summed E-state index contributed by atoms with van der Waals surface area (Å²) in [6, 6.07) is 1.64. The third-order valence-electron chi connectivity index (χ3n) is 4.36. The van der Waals surface area contributed by atoms with E-state index < -0.39 is 12.1 Å². The second-order valence-electron chi connectivity index (χ2n) is 6.18. The van der Waals surface area contributed by atoms with E-state index in [1.807, 2.05) is 0 Å². The molecule has 7 nitrogen and oxygen atoms in total. The molecule has 0 aliphatic heterocycles. The maximum atomic E-state index is 13.1. The Morgan fingerprint density at radius 3 is 2.96 bits per heavy atom. The fourth-order valence-electron chi connectivity index (χ4n) is 2.97. The van der Waals surface area contributed by atoms with E-state index in [1.165, 1.54) is 17.0 Å². The summed E-state index contributed by atoms with van der Waals surface area (Å²) in [4.78, 5) is 8.56. The van der Waals surface area contributed by atoms with Crippen LogP contribution < -0.4 is 0 Å². The first kappa shape index (κ1) is 17.4.